The van der Waals surface area contributed by atoms with Crippen LogP contribution < -0.4 is 10.1 Å². The van der Waals surface area contributed by atoms with Crippen molar-refractivity contribution in [3.8, 4) is 11.5 Å². The van der Waals surface area contributed by atoms with Crippen LogP contribution in [0.25, 0.3) is 0 Å². The average Bonchev–Trinajstić information content (AvgIpc) is 2.90. The highest BCUT2D eigenvalue weighted by molar-refractivity contribution is 6.34. The SMILES string of the molecule is CC(=O)c1cccc(C)c1O.O=C(Nc1cccc(C(=O)O)c1OCc1ccccc1Cl)c1ccccc1Cl. The smallest absolute Gasteiger partial charge is 0.339 e. The summed E-state index contributed by atoms with van der Waals surface area (Å²) in [5.74, 6) is -1.62. The molecule has 0 saturated heterocycles. The molecule has 0 fully saturated rings. The van der Waals surface area contributed by atoms with Crippen LogP contribution in [0.15, 0.2) is 84.9 Å². The maximum atomic E-state index is 12.6. The number of halogens is 2. The Hall–Kier alpha value is -4.33. The Labute approximate surface area is 235 Å². The molecule has 39 heavy (non-hydrogen) atoms. The van der Waals surface area contributed by atoms with Crippen molar-refractivity contribution in [2.24, 2.45) is 0 Å². The highest BCUT2D eigenvalue weighted by Crippen LogP contribution is 2.32. The minimum absolute atomic E-state index is 0.0373. The van der Waals surface area contributed by atoms with Gasteiger partial charge in [-0.2, -0.15) is 0 Å². The number of carbonyl (C=O) groups excluding carboxylic acids is 2. The van der Waals surface area contributed by atoms with E-state index in [9.17, 15) is 24.6 Å². The van der Waals surface area contributed by atoms with Crippen molar-refractivity contribution in [1.29, 1.82) is 0 Å². The summed E-state index contributed by atoms with van der Waals surface area (Å²) in [5, 5.41) is 22.3. The number of carboxylic acid groups (broad SMARTS) is 1. The molecular formula is C30H25Cl2NO6. The number of carboxylic acids is 1. The van der Waals surface area contributed by atoms with Crippen molar-refractivity contribution in [1.82, 2.24) is 0 Å². The number of amides is 1. The molecule has 0 aliphatic rings. The van der Waals surface area contributed by atoms with Gasteiger partial charge in [-0.3, -0.25) is 9.59 Å². The summed E-state index contributed by atoms with van der Waals surface area (Å²) in [6, 6.07) is 23.2. The first kappa shape index (κ1) is 29.2. The van der Waals surface area contributed by atoms with Gasteiger partial charge in [0.2, 0.25) is 0 Å². The van der Waals surface area contributed by atoms with Crippen LogP contribution in [-0.4, -0.2) is 27.9 Å². The number of Topliss-reactive ketones (excluding diaryl/α,β-unsaturated/α-hetero) is 1. The highest BCUT2D eigenvalue weighted by atomic mass is 35.5. The van der Waals surface area contributed by atoms with Gasteiger partial charge in [-0.05, 0) is 55.8 Å². The molecule has 1 amide bonds. The molecule has 0 aliphatic heterocycles. The van der Waals surface area contributed by atoms with Crippen molar-refractivity contribution in [3.63, 3.8) is 0 Å². The first-order valence-electron chi connectivity index (χ1n) is 11.7. The Bertz CT molecular complexity index is 1520. The summed E-state index contributed by atoms with van der Waals surface area (Å²) in [7, 11) is 0. The van der Waals surface area contributed by atoms with Crippen molar-refractivity contribution >= 4 is 46.5 Å². The third kappa shape index (κ3) is 7.60. The number of ketones is 1. The molecule has 4 aromatic carbocycles. The van der Waals surface area contributed by atoms with E-state index in [1.807, 2.05) is 0 Å². The molecule has 0 aromatic heterocycles. The third-order valence-electron chi connectivity index (χ3n) is 5.56. The fraction of sp³-hybridized carbons (Fsp3) is 0.100. The molecular weight excluding hydrogens is 541 g/mol. The first-order chi connectivity index (χ1) is 18.6. The Kier molecular flexibility index (Phi) is 10.1. The van der Waals surface area contributed by atoms with Crippen LogP contribution in [0.1, 0.15) is 49.1 Å². The molecule has 0 atom stereocenters. The van der Waals surface area contributed by atoms with Gasteiger partial charge in [-0.15, -0.1) is 0 Å². The van der Waals surface area contributed by atoms with Crippen LogP contribution in [0.4, 0.5) is 5.69 Å². The first-order valence-corrected chi connectivity index (χ1v) is 12.4. The number of carbonyl (C=O) groups is 3. The molecule has 0 unspecified atom stereocenters. The van der Waals surface area contributed by atoms with Crippen LogP contribution in [0.3, 0.4) is 0 Å². The molecule has 4 rings (SSSR count). The second kappa shape index (κ2) is 13.5. The molecule has 7 nitrogen and oxygen atoms in total. The number of ether oxygens (including phenoxy) is 1. The molecule has 0 aliphatic carbocycles. The average molecular weight is 566 g/mol. The topological polar surface area (TPSA) is 113 Å². The van der Waals surface area contributed by atoms with Crippen LogP contribution in [-0.2, 0) is 6.61 Å². The van der Waals surface area contributed by atoms with Gasteiger partial charge in [0.1, 0.15) is 17.9 Å². The molecule has 0 saturated carbocycles. The van der Waals surface area contributed by atoms with E-state index in [1.54, 1.807) is 79.7 Å². The van der Waals surface area contributed by atoms with Crippen molar-refractivity contribution in [2.45, 2.75) is 20.5 Å². The number of nitrogens with one attached hydrogen (secondary N) is 1. The van der Waals surface area contributed by atoms with Gasteiger partial charge in [0, 0.05) is 10.6 Å². The zero-order valence-electron chi connectivity index (χ0n) is 21.1. The maximum Gasteiger partial charge on any atom is 0.339 e. The van der Waals surface area contributed by atoms with E-state index in [-0.39, 0.29) is 45.7 Å². The molecule has 3 N–H and O–H groups in total. The number of anilines is 1. The van der Waals surface area contributed by atoms with Gasteiger partial charge >= 0.3 is 5.97 Å². The van der Waals surface area contributed by atoms with E-state index < -0.39 is 11.9 Å². The lowest BCUT2D eigenvalue weighted by atomic mass is 10.1. The number of aromatic carboxylic acids is 1. The normalized spacial score (nSPS) is 10.2. The molecule has 0 bridgehead atoms. The number of rotatable bonds is 7. The van der Waals surface area contributed by atoms with E-state index in [4.69, 9.17) is 27.9 Å². The predicted molar refractivity (Wildman–Crippen MR) is 151 cm³/mol. The van der Waals surface area contributed by atoms with Crippen molar-refractivity contribution in [3.05, 3.63) is 123 Å². The van der Waals surface area contributed by atoms with E-state index in [0.29, 0.717) is 16.1 Å². The Morgan fingerprint density at radius 3 is 2.00 bits per heavy atom. The van der Waals surface area contributed by atoms with Gasteiger partial charge in [0.25, 0.3) is 5.91 Å². The van der Waals surface area contributed by atoms with E-state index >= 15 is 0 Å². The molecule has 200 valence electrons. The summed E-state index contributed by atoms with van der Waals surface area (Å²) >= 11 is 12.2. The zero-order chi connectivity index (χ0) is 28.5. The van der Waals surface area contributed by atoms with E-state index in [2.05, 4.69) is 5.32 Å². The van der Waals surface area contributed by atoms with Crippen LogP contribution in [0.2, 0.25) is 10.0 Å². The number of phenols is 1. The maximum absolute atomic E-state index is 12.6. The van der Waals surface area contributed by atoms with Gasteiger partial charge in [-0.1, -0.05) is 71.7 Å². The number of hydrogen-bond donors (Lipinski definition) is 3. The fourth-order valence-electron chi connectivity index (χ4n) is 3.50. The molecule has 0 heterocycles. The molecule has 4 aromatic rings. The Balaban J connectivity index is 0.000000320. The van der Waals surface area contributed by atoms with Gasteiger partial charge in [0.05, 0.1) is 21.8 Å². The third-order valence-corrected chi connectivity index (χ3v) is 6.26. The predicted octanol–water partition coefficient (Wildman–Crippen LogP) is 7.43. The lowest BCUT2D eigenvalue weighted by Crippen LogP contribution is -2.15. The fourth-order valence-corrected chi connectivity index (χ4v) is 3.91. The minimum atomic E-state index is -1.18. The van der Waals surface area contributed by atoms with E-state index in [0.717, 1.165) is 5.56 Å². The Morgan fingerprint density at radius 2 is 1.38 bits per heavy atom. The van der Waals surface area contributed by atoms with Crippen LogP contribution >= 0.6 is 23.2 Å². The minimum Gasteiger partial charge on any atom is -0.507 e. The second-order valence-electron chi connectivity index (χ2n) is 8.33. The summed E-state index contributed by atoms with van der Waals surface area (Å²) < 4.78 is 5.75. The van der Waals surface area contributed by atoms with Crippen LogP contribution in [0.5, 0.6) is 11.5 Å². The number of phenolic OH excluding ortho intramolecular Hbond substituents is 1. The molecule has 9 heteroatoms. The summed E-state index contributed by atoms with van der Waals surface area (Å²) in [6.45, 7) is 3.25. The number of aryl methyl sites for hydroxylation is 1. The van der Waals surface area contributed by atoms with Gasteiger partial charge < -0.3 is 20.3 Å². The lowest BCUT2D eigenvalue weighted by Gasteiger charge is -2.16. The van der Waals surface area contributed by atoms with Gasteiger partial charge in [-0.25, -0.2) is 4.79 Å². The number of aromatic hydroxyl groups is 1. The monoisotopic (exact) mass is 565 g/mol. The zero-order valence-corrected chi connectivity index (χ0v) is 22.6. The standard InChI is InChI=1S/C21H15Cl2NO4.C9H10O2/c22-16-9-3-1-6-13(16)12-28-19-15(21(26)27)8-5-11-18(19)24-20(25)14-7-2-4-10-17(14)23;1-6-4-3-5-8(7(2)10)9(6)11/h1-11H,12H2,(H,24,25)(H,26,27);3-5,11H,1-2H3. The number of para-hydroxylation sites is 2. The quantitative estimate of drug-likeness (QED) is 0.201. The van der Waals surface area contributed by atoms with Gasteiger partial charge in [0.15, 0.2) is 11.5 Å². The second-order valence-corrected chi connectivity index (χ2v) is 9.14. The molecule has 0 radical (unpaired) electrons. The summed E-state index contributed by atoms with van der Waals surface area (Å²) in [4.78, 5) is 35.1. The highest BCUT2D eigenvalue weighted by Gasteiger charge is 2.19. The van der Waals surface area contributed by atoms with Crippen molar-refractivity contribution < 1.29 is 29.3 Å². The van der Waals surface area contributed by atoms with Crippen molar-refractivity contribution in [2.75, 3.05) is 5.32 Å². The molecule has 0 spiro atoms. The number of hydrogen-bond acceptors (Lipinski definition) is 5. The van der Waals surface area contributed by atoms with E-state index in [1.165, 1.54) is 19.1 Å². The summed E-state index contributed by atoms with van der Waals surface area (Å²) in [5.41, 5.74) is 2.22. The van der Waals surface area contributed by atoms with Crippen LogP contribution in [0, 0.1) is 6.92 Å². The number of benzene rings is 4. The summed E-state index contributed by atoms with van der Waals surface area (Å²) in [6.07, 6.45) is 0. The largest absolute Gasteiger partial charge is 0.507 e. The lowest BCUT2D eigenvalue weighted by molar-refractivity contribution is 0.0691. The Morgan fingerprint density at radius 1 is 0.795 bits per heavy atom.